The van der Waals surface area contributed by atoms with Crippen molar-refractivity contribution in [2.24, 2.45) is 5.73 Å². The molecule has 0 fully saturated rings. The van der Waals surface area contributed by atoms with Gasteiger partial charge >= 0.3 is 0 Å². The molecule has 0 bridgehead atoms. The van der Waals surface area contributed by atoms with Gasteiger partial charge in [0.05, 0.1) is 12.5 Å². The molecule has 2 nitrogen and oxygen atoms in total. The highest BCUT2D eigenvalue weighted by molar-refractivity contribution is 5.29. The lowest BCUT2D eigenvalue weighted by Crippen LogP contribution is -2.25. The zero-order chi connectivity index (χ0) is 12.3. The van der Waals surface area contributed by atoms with Crippen LogP contribution in [0.2, 0.25) is 0 Å². The number of rotatable bonds is 4. The Morgan fingerprint density at radius 3 is 2.29 bits per heavy atom. The van der Waals surface area contributed by atoms with Gasteiger partial charge in [-0.05, 0) is 43.9 Å². The van der Waals surface area contributed by atoms with E-state index in [-0.39, 0.29) is 6.04 Å². The fourth-order valence-corrected chi connectivity index (χ4v) is 2.27. The molecular weight excluding hydrogens is 210 g/mol. The van der Waals surface area contributed by atoms with Gasteiger partial charge in [0.1, 0.15) is 0 Å². The molecule has 0 saturated heterocycles. The molecule has 1 atom stereocenters. The van der Waals surface area contributed by atoms with Crippen LogP contribution in [0.5, 0.6) is 0 Å². The van der Waals surface area contributed by atoms with E-state index in [9.17, 15) is 0 Å². The van der Waals surface area contributed by atoms with E-state index in [1.807, 2.05) is 6.07 Å². The van der Waals surface area contributed by atoms with Crippen LogP contribution in [0.4, 0.5) is 0 Å². The van der Waals surface area contributed by atoms with Crippen molar-refractivity contribution < 1.29 is 4.42 Å². The molecular formula is C15H19NO. The van der Waals surface area contributed by atoms with Crippen molar-refractivity contribution in [3.63, 3.8) is 0 Å². The summed E-state index contributed by atoms with van der Waals surface area (Å²) in [7, 11) is 0. The minimum atomic E-state index is 0.147. The Balaban J connectivity index is 2.00. The lowest BCUT2D eigenvalue weighted by Gasteiger charge is -2.11. The molecule has 1 aromatic carbocycles. The highest BCUT2D eigenvalue weighted by atomic mass is 16.3. The predicted octanol–water partition coefficient (Wildman–Crippen LogP) is 3.01. The van der Waals surface area contributed by atoms with Crippen LogP contribution in [-0.2, 0) is 12.8 Å². The molecule has 0 saturated carbocycles. The average Bonchev–Trinajstić information content (AvgIpc) is 2.67. The third-order valence-electron chi connectivity index (χ3n) is 2.86. The van der Waals surface area contributed by atoms with Crippen LogP contribution in [-0.4, -0.2) is 6.04 Å². The molecule has 0 aliphatic heterocycles. The van der Waals surface area contributed by atoms with Crippen LogP contribution in [0, 0.1) is 13.8 Å². The van der Waals surface area contributed by atoms with Gasteiger partial charge in [0.25, 0.3) is 0 Å². The Kier molecular flexibility index (Phi) is 3.64. The average molecular weight is 229 g/mol. The Morgan fingerprint density at radius 1 is 1.06 bits per heavy atom. The zero-order valence-corrected chi connectivity index (χ0v) is 10.4. The van der Waals surface area contributed by atoms with E-state index in [1.54, 1.807) is 12.5 Å². The third-order valence-corrected chi connectivity index (χ3v) is 2.86. The van der Waals surface area contributed by atoms with Crippen molar-refractivity contribution in [2.45, 2.75) is 32.7 Å². The second-order valence-corrected chi connectivity index (χ2v) is 4.80. The summed E-state index contributed by atoms with van der Waals surface area (Å²) in [6.07, 6.45) is 5.23. The van der Waals surface area contributed by atoms with Crippen molar-refractivity contribution in [1.29, 1.82) is 0 Å². The van der Waals surface area contributed by atoms with E-state index in [0.29, 0.717) is 0 Å². The van der Waals surface area contributed by atoms with Crippen molar-refractivity contribution in [3.8, 4) is 0 Å². The second-order valence-electron chi connectivity index (χ2n) is 4.80. The highest BCUT2D eigenvalue weighted by Crippen LogP contribution is 2.12. The van der Waals surface area contributed by atoms with E-state index in [4.69, 9.17) is 10.2 Å². The van der Waals surface area contributed by atoms with Gasteiger partial charge in [-0.1, -0.05) is 29.3 Å². The number of benzene rings is 1. The Hall–Kier alpha value is -1.54. The normalized spacial score (nSPS) is 12.6. The number of furan rings is 1. The molecule has 0 amide bonds. The number of aryl methyl sites for hydroxylation is 2. The third kappa shape index (κ3) is 3.46. The standard InChI is InChI=1S/C15H19NO/c1-11-5-12(2)7-14(6-11)9-15(16)8-13-3-4-17-10-13/h3-7,10,15H,8-9,16H2,1-2H3. The maximum atomic E-state index is 6.16. The smallest absolute Gasteiger partial charge is 0.0935 e. The quantitative estimate of drug-likeness (QED) is 0.875. The summed E-state index contributed by atoms with van der Waals surface area (Å²) in [5, 5.41) is 0. The molecule has 2 aromatic rings. The minimum Gasteiger partial charge on any atom is -0.472 e. The number of hydrogen-bond acceptors (Lipinski definition) is 2. The van der Waals surface area contributed by atoms with Crippen molar-refractivity contribution in [1.82, 2.24) is 0 Å². The molecule has 17 heavy (non-hydrogen) atoms. The number of nitrogens with two attached hydrogens (primary N) is 1. The predicted molar refractivity (Wildman–Crippen MR) is 70.0 cm³/mol. The van der Waals surface area contributed by atoms with Gasteiger partial charge in [-0.25, -0.2) is 0 Å². The maximum absolute atomic E-state index is 6.16. The molecule has 90 valence electrons. The Bertz CT molecular complexity index is 453. The van der Waals surface area contributed by atoms with Crippen LogP contribution in [0.15, 0.2) is 41.2 Å². The van der Waals surface area contributed by atoms with E-state index < -0.39 is 0 Å². The molecule has 2 N–H and O–H groups in total. The fourth-order valence-electron chi connectivity index (χ4n) is 2.27. The number of hydrogen-bond donors (Lipinski definition) is 1. The van der Waals surface area contributed by atoms with Gasteiger partial charge in [-0.15, -0.1) is 0 Å². The molecule has 0 radical (unpaired) electrons. The monoisotopic (exact) mass is 229 g/mol. The summed E-state index contributed by atoms with van der Waals surface area (Å²) in [5.74, 6) is 0. The minimum absolute atomic E-state index is 0.147. The maximum Gasteiger partial charge on any atom is 0.0935 e. The molecule has 0 aliphatic carbocycles. The summed E-state index contributed by atoms with van der Waals surface area (Å²) in [6, 6.07) is 8.73. The van der Waals surface area contributed by atoms with E-state index in [2.05, 4.69) is 32.0 Å². The second kappa shape index (κ2) is 5.19. The lowest BCUT2D eigenvalue weighted by atomic mass is 9.98. The van der Waals surface area contributed by atoms with Gasteiger partial charge in [-0.3, -0.25) is 0 Å². The molecule has 1 unspecified atom stereocenters. The lowest BCUT2D eigenvalue weighted by molar-refractivity contribution is 0.559. The first-order valence-electron chi connectivity index (χ1n) is 5.97. The largest absolute Gasteiger partial charge is 0.472 e. The van der Waals surface area contributed by atoms with Crippen LogP contribution >= 0.6 is 0 Å². The Labute approximate surface area is 102 Å². The van der Waals surface area contributed by atoms with Crippen molar-refractivity contribution >= 4 is 0 Å². The summed E-state index contributed by atoms with van der Waals surface area (Å²) >= 11 is 0. The highest BCUT2D eigenvalue weighted by Gasteiger charge is 2.07. The first-order valence-corrected chi connectivity index (χ1v) is 5.97. The van der Waals surface area contributed by atoms with Gasteiger partial charge in [0.2, 0.25) is 0 Å². The molecule has 2 heteroatoms. The van der Waals surface area contributed by atoms with Crippen LogP contribution in [0.25, 0.3) is 0 Å². The van der Waals surface area contributed by atoms with Gasteiger partial charge in [0.15, 0.2) is 0 Å². The molecule has 0 spiro atoms. The Morgan fingerprint density at radius 2 is 1.71 bits per heavy atom. The van der Waals surface area contributed by atoms with E-state index >= 15 is 0 Å². The molecule has 0 aliphatic rings. The molecule has 1 aromatic heterocycles. The van der Waals surface area contributed by atoms with Gasteiger partial charge < -0.3 is 10.2 Å². The summed E-state index contributed by atoms with van der Waals surface area (Å²) in [6.45, 7) is 4.25. The SMILES string of the molecule is Cc1cc(C)cc(CC(N)Cc2ccoc2)c1. The van der Waals surface area contributed by atoms with Crippen molar-refractivity contribution in [3.05, 3.63) is 59.0 Å². The van der Waals surface area contributed by atoms with Crippen LogP contribution < -0.4 is 5.73 Å². The summed E-state index contributed by atoms with van der Waals surface area (Å²) < 4.78 is 5.05. The molecule has 1 heterocycles. The fraction of sp³-hybridized carbons (Fsp3) is 0.333. The van der Waals surface area contributed by atoms with Crippen LogP contribution in [0.3, 0.4) is 0 Å². The van der Waals surface area contributed by atoms with Gasteiger partial charge in [0, 0.05) is 6.04 Å². The molecule has 2 rings (SSSR count). The van der Waals surface area contributed by atoms with E-state index in [1.165, 1.54) is 22.3 Å². The summed E-state index contributed by atoms with van der Waals surface area (Å²) in [4.78, 5) is 0. The first kappa shape index (κ1) is 11.9. The van der Waals surface area contributed by atoms with E-state index in [0.717, 1.165) is 12.8 Å². The van der Waals surface area contributed by atoms with Crippen LogP contribution in [0.1, 0.15) is 22.3 Å². The topological polar surface area (TPSA) is 39.2 Å². The first-order chi connectivity index (χ1) is 8.13. The zero-order valence-electron chi connectivity index (χ0n) is 10.4. The summed E-state index contributed by atoms with van der Waals surface area (Å²) in [5.41, 5.74) is 11.2. The van der Waals surface area contributed by atoms with Crippen molar-refractivity contribution in [2.75, 3.05) is 0 Å². The van der Waals surface area contributed by atoms with Gasteiger partial charge in [-0.2, -0.15) is 0 Å².